The molecule has 104 valence electrons. The minimum absolute atomic E-state index is 0.622. The molecule has 2 aromatic carbocycles. The van der Waals surface area contributed by atoms with Crippen molar-refractivity contribution in [3.05, 3.63) is 59.7 Å². The number of thioether (sulfide) groups is 1. The van der Waals surface area contributed by atoms with Gasteiger partial charge in [0.1, 0.15) is 11.0 Å². The van der Waals surface area contributed by atoms with Crippen LogP contribution >= 0.6 is 11.8 Å². The summed E-state index contributed by atoms with van der Waals surface area (Å²) in [6.45, 7) is 1.98. The van der Waals surface area contributed by atoms with E-state index in [9.17, 15) is 9.90 Å². The Morgan fingerprint density at radius 3 is 2.50 bits per heavy atom. The summed E-state index contributed by atoms with van der Waals surface area (Å²) in [5.74, 6) is -0.121. The van der Waals surface area contributed by atoms with Gasteiger partial charge in [-0.25, -0.2) is 0 Å². The molecule has 0 bridgehead atoms. The summed E-state index contributed by atoms with van der Waals surface area (Å²) in [7, 11) is 1.60. The van der Waals surface area contributed by atoms with Crippen LogP contribution < -0.4 is 4.74 Å². The minimum atomic E-state index is -0.846. The summed E-state index contributed by atoms with van der Waals surface area (Å²) in [4.78, 5) is 12.4. The molecule has 0 fully saturated rings. The lowest BCUT2D eigenvalue weighted by molar-refractivity contribution is -0.136. The van der Waals surface area contributed by atoms with E-state index in [-0.39, 0.29) is 0 Å². The van der Waals surface area contributed by atoms with Gasteiger partial charge in [0, 0.05) is 4.90 Å². The van der Waals surface area contributed by atoms with Gasteiger partial charge in [-0.15, -0.1) is 11.8 Å². The maximum atomic E-state index is 11.5. The molecule has 0 heterocycles. The summed E-state index contributed by atoms with van der Waals surface area (Å²) in [6.07, 6.45) is 0. The van der Waals surface area contributed by atoms with Crippen molar-refractivity contribution in [2.24, 2.45) is 0 Å². The molecule has 0 saturated carbocycles. The molecule has 2 aromatic rings. The number of carboxylic acids is 1. The Labute approximate surface area is 122 Å². The fraction of sp³-hybridized carbons (Fsp3) is 0.188. The van der Waals surface area contributed by atoms with Crippen LogP contribution in [-0.2, 0) is 4.79 Å². The van der Waals surface area contributed by atoms with Gasteiger partial charge in [-0.3, -0.25) is 4.79 Å². The van der Waals surface area contributed by atoms with Gasteiger partial charge < -0.3 is 9.84 Å². The molecule has 3 nitrogen and oxygen atoms in total. The highest BCUT2D eigenvalue weighted by Crippen LogP contribution is 2.36. The second-order valence-corrected chi connectivity index (χ2v) is 5.60. The summed E-state index contributed by atoms with van der Waals surface area (Å²) < 4.78 is 5.16. The Kier molecular flexibility index (Phi) is 4.69. The van der Waals surface area contributed by atoms with Crippen LogP contribution in [0.5, 0.6) is 5.75 Å². The molecule has 0 saturated heterocycles. The Morgan fingerprint density at radius 1 is 1.20 bits per heavy atom. The van der Waals surface area contributed by atoms with E-state index in [1.165, 1.54) is 11.8 Å². The third-order valence-electron chi connectivity index (χ3n) is 2.90. The Hall–Kier alpha value is -1.94. The molecule has 0 amide bonds. The molecular formula is C16H16O3S. The molecule has 0 spiro atoms. The molecule has 1 atom stereocenters. The standard InChI is InChI=1S/C16H16O3S/c1-11-6-8-12(9-7-11)15(16(17)18)20-14-5-3-4-13(10-14)19-2/h3-10,15H,1-2H3,(H,17,18). The van der Waals surface area contributed by atoms with Crippen LogP contribution in [-0.4, -0.2) is 18.2 Å². The fourth-order valence-electron chi connectivity index (χ4n) is 1.81. The SMILES string of the molecule is COc1cccc(SC(C(=O)O)c2ccc(C)cc2)c1. The summed E-state index contributed by atoms with van der Waals surface area (Å²) >= 11 is 1.31. The molecule has 1 N–H and O–H groups in total. The van der Waals surface area contributed by atoms with Crippen molar-refractivity contribution in [1.82, 2.24) is 0 Å². The van der Waals surface area contributed by atoms with Crippen molar-refractivity contribution in [2.45, 2.75) is 17.1 Å². The Bertz CT molecular complexity index is 593. The van der Waals surface area contributed by atoms with Gasteiger partial charge in [-0.2, -0.15) is 0 Å². The van der Waals surface area contributed by atoms with Crippen LogP contribution in [0.15, 0.2) is 53.4 Å². The van der Waals surface area contributed by atoms with Gasteiger partial charge in [-0.1, -0.05) is 35.9 Å². The number of ether oxygens (including phenoxy) is 1. The fourth-order valence-corrected chi connectivity index (χ4v) is 2.82. The van der Waals surface area contributed by atoms with E-state index in [4.69, 9.17) is 4.74 Å². The first kappa shape index (κ1) is 14.5. The van der Waals surface area contributed by atoms with Gasteiger partial charge >= 0.3 is 5.97 Å². The van der Waals surface area contributed by atoms with Crippen LogP contribution in [0.2, 0.25) is 0 Å². The van der Waals surface area contributed by atoms with E-state index in [1.54, 1.807) is 7.11 Å². The van der Waals surface area contributed by atoms with E-state index < -0.39 is 11.2 Å². The third kappa shape index (κ3) is 3.54. The summed E-state index contributed by atoms with van der Waals surface area (Å²) in [6, 6.07) is 15.0. The summed E-state index contributed by atoms with van der Waals surface area (Å²) in [5, 5.41) is 8.81. The van der Waals surface area contributed by atoms with Crippen molar-refractivity contribution >= 4 is 17.7 Å². The zero-order valence-corrected chi connectivity index (χ0v) is 12.2. The van der Waals surface area contributed by atoms with Gasteiger partial charge in [0.2, 0.25) is 0 Å². The average Bonchev–Trinajstić information content (AvgIpc) is 2.46. The Balaban J connectivity index is 2.25. The maximum Gasteiger partial charge on any atom is 0.321 e. The second kappa shape index (κ2) is 6.48. The number of aliphatic carboxylic acids is 1. The lowest BCUT2D eigenvalue weighted by atomic mass is 10.1. The van der Waals surface area contributed by atoms with Gasteiger partial charge in [0.15, 0.2) is 0 Å². The Morgan fingerprint density at radius 2 is 1.90 bits per heavy atom. The number of carboxylic acid groups (broad SMARTS) is 1. The van der Waals surface area contributed by atoms with E-state index in [0.717, 1.165) is 21.8 Å². The molecule has 0 radical (unpaired) electrons. The van der Waals surface area contributed by atoms with Crippen LogP contribution in [0.3, 0.4) is 0 Å². The molecule has 20 heavy (non-hydrogen) atoms. The monoisotopic (exact) mass is 288 g/mol. The van der Waals surface area contributed by atoms with Gasteiger partial charge in [0.05, 0.1) is 7.11 Å². The first-order valence-electron chi connectivity index (χ1n) is 6.20. The highest BCUT2D eigenvalue weighted by Gasteiger charge is 2.21. The number of rotatable bonds is 5. The lowest BCUT2D eigenvalue weighted by Crippen LogP contribution is -2.07. The van der Waals surface area contributed by atoms with E-state index in [0.29, 0.717) is 0 Å². The van der Waals surface area contributed by atoms with E-state index in [1.807, 2.05) is 55.5 Å². The summed E-state index contributed by atoms with van der Waals surface area (Å²) in [5.41, 5.74) is 1.90. The highest BCUT2D eigenvalue weighted by molar-refractivity contribution is 8.00. The molecule has 0 aliphatic rings. The highest BCUT2D eigenvalue weighted by atomic mass is 32.2. The molecule has 0 aromatic heterocycles. The molecule has 0 aliphatic carbocycles. The molecule has 4 heteroatoms. The molecular weight excluding hydrogens is 272 g/mol. The van der Waals surface area contributed by atoms with Crippen molar-refractivity contribution < 1.29 is 14.6 Å². The van der Waals surface area contributed by atoms with Gasteiger partial charge in [0.25, 0.3) is 0 Å². The number of hydrogen-bond acceptors (Lipinski definition) is 3. The van der Waals surface area contributed by atoms with Crippen LogP contribution in [0, 0.1) is 6.92 Å². The smallest absolute Gasteiger partial charge is 0.321 e. The van der Waals surface area contributed by atoms with Crippen molar-refractivity contribution in [3.63, 3.8) is 0 Å². The van der Waals surface area contributed by atoms with Crippen LogP contribution in [0.25, 0.3) is 0 Å². The molecule has 0 aliphatic heterocycles. The minimum Gasteiger partial charge on any atom is -0.497 e. The van der Waals surface area contributed by atoms with Crippen molar-refractivity contribution in [2.75, 3.05) is 7.11 Å². The number of aryl methyl sites for hydroxylation is 1. The molecule has 1 unspecified atom stereocenters. The number of hydrogen-bond donors (Lipinski definition) is 1. The number of carbonyl (C=O) groups is 1. The normalized spacial score (nSPS) is 11.9. The number of methoxy groups -OCH3 is 1. The molecule has 2 rings (SSSR count). The predicted molar refractivity (Wildman–Crippen MR) is 80.4 cm³/mol. The van der Waals surface area contributed by atoms with Crippen molar-refractivity contribution in [3.8, 4) is 5.75 Å². The average molecular weight is 288 g/mol. The van der Waals surface area contributed by atoms with Crippen molar-refractivity contribution in [1.29, 1.82) is 0 Å². The van der Waals surface area contributed by atoms with Crippen LogP contribution in [0.4, 0.5) is 0 Å². The largest absolute Gasteiger partial charge is 0.497 e. The first-order valence-corrected chi connectivity index (χ1v) is 7.08. The zero-order valence-electron chi connectivity index (χ0n) is 11.4. The predicted octanol–water partition coefficient (Wildman–Crippen LogP) is 3.92. The lowest BCUT2D eigenvalue weighted by Gasteiger charge is -2.13. The van der Waals surface area contributed by atoms with Crippen LogP contribution in [0.1, 0.15) is 16.4 Å². The maximum absolute atomic E-state index is 11.5. The number of benzene rings is 2. The second-order valence-electron chi connectivity index (χ2n) is 4.43. The third-order valence-corrected chi connectivity index (χ3v) is 4.14. The van der Waals surface area contributed by atoms with Gasteiger partial charge in [-0.05, 0) is 30.7 Å². The zero-order chi connectivity index (χ0) is 14.5. The van der Waals surface area contributed by atoms with E-state index >= 15 is 0 Å². The van der Waals surface area contributed by atoms with E-state index in [2.05, 4.69) is 0 Å². The quantitative estimate of drug-likeness (QED) is 0.847. The first-order chi connectivity index (χ1) is 9.60. The topological polar surface area (TPSA) is 46.5 Å².